The van der Waals surface area contributed by atoms with Crippen molar-refractivity contribution in [2.45, 2.75) is 39.8 Å². The summed E-state index contributed by atoms with van der Waals surface area (Å²) in [6, 6.07) is 10.4. The molecule has 1 aromatic heterocycles. The molecular formula is C22H31N5O2. The molecule has 0 spiro atoms. The van der Waals surface area contributed by atoms with Gasteiger partial charge >= 0.3 is 5.97 Å². The van der Waals surface area contributed by atoms with E-state index in [4.69, 9.17) is 9.73 Å². The largest absolute Gasteiger partial charge is 0.466 e. The molecule has 1 aromatic carbocycles. The highest BCUT2D eigenvalue weighted by atomic mass is 16.5. The highest BCUT2D eigenvalue weighted by Crippen LogP contribution is 2.19. The number of ether oxygens (including phenoxy) is 1. The molecule has 1 fully saturated rings. The highest BCUT2D eigenvalue weighted by molar-refractivity contribution is 5.80. The van der Waals surface area contributed by atoms with E-state index in [-0.39, 0.29) is 11.9 Å². The van der Waals surface area contributed by atoms with Gasteiger partial charge in [-0.1, -0.05) is 30.3 Å². The number of nitrogens with one attached hydrogen (secondary N) is 1. The lowest BCUT2D eigenvalue weighted by Crippen LogP contribution is -2.46. The number of carbonyl (C=O) groups is 1. The molecule has 3 rings (SSSR count). The number of nitrogens with zero attached hydrogens (tertiary/aromatic N) is 4. The summed E-state index contributed by atoms with van der Waals surface area (Å²) >= 11 is 0. The van der Waals surface area contributed by atoms with Crippen molar-refractivity contribution in [3.8, 4) is 0 Å². The van der Waals surface area contributed by atoms with E-state index in [0.717, 1.165) is 50.8 Å². The Hall–Kier alpha value is -2.83. The minimum Gasteiger partial charge on any atom is -0.466 e. The smallest absolute Gasteiger partial charge is 0.309 e. The number of piperidine rings is 1. The molecule has 1 aliphatic rings. The number of rotatable bonds is 7. The van der Waals surface area contributed by atoms with Crippen LogP contribution in [0.4, 0.5) is 0 Å². The summed E-state index contributed by atoms with van der Waals surface area (Å²) in [4.78, 5) is 23.5. The van der Waals surface area contributed by atoms with E-state index < -0.39 is 0 Å². The van der Waals surface area contributed by atoms with Crippen LogP contribution >= 0.6 is 0 Å². The molecule has 156 valence electrons. The van der Waals surface area contributed by atoms with Gasteiger partial charge in [-0.15, -0.1) is 0 Å². The molecule has 2 aromatic rings. The summed E-state index contributed by atoms with van der Waals surface area (Å²) in [6.07, 6.45) is 5.42. The quantitative estimate of drug-likeness (QED) is 0.442. The Morgan fingerprint density at radius 2 is 2.00 bits per heavy atom. The molecule has 0 saturated carbocycles. The van der Waals surface area contributed by atoms with E-state index in [1.807, 2.05) is 37.5 Å². The number of guanidine groups is 1. The minimum atomic E-state index is -0.0722. The molecule has 1 aliphatic heterocycles. The average Bonchev–Trinajstić information content (AvgIpc) is 3.19. The van der Waals surface area contributed by atoms with Gasteiger partial charge in [-0.2, -0.15) is 0 Å². The number of benzene rings is 1. The summed E-state index contributed by atoms with van der Waals surface area (Å²) in [5, 5.41) is 3.38. The lowest BCUT2D eigenvalue weighted by atomic mass is 9.97. The molecular weight excluding hydrogens is 366 g/mol. The summed E-state index contributed by atoms with van der Waals surface area (Å²) in [5.41, 5.74) is 1.24. The van der Waals surface area contributed by atoms with Crippen molar-refractivity contribution in [3.05, 3.63) is 54.1 Å². The van der Waals surface area contributed by atoms with Crippen LogP contribution in [0.1, 0.15) is 38.1 Å². The third-order valence-corrected chi connectivity index (χ3v) is 5.12. The number of hydrogen-bond donors (Lipinski definition) is 1. The van der Waals surface area contributed by atoms with Crippen molar-refractivity contribution < 1.29 is 9.53 Å². The first-order chi connectivity index (χ1) is 14.2. The Bertz CT molecular complexity index is 795. The number of aromatic nitrogens is 2. The number of likely N-dealkylation sites (tertiary alicyclic amines) is 1. The van der Waals surface area contributed by atoms with Gasteiger partial charge in [-0.05, 0) is 32.3 Å². The van der Waals surface area contributed by atoms with Gasteiger partial charge in [0.05, 0.1) is 12.5 Å². The number of aliphatic imine (C=N–C) groups is 1. The normalized spacial score (nSPS) is 15.4. The van der Waals surface area contributed by atoms with Gasteiger partial charge in [-0.25, -0.2) is 9.98 Å². The summed E-state index contributed by atoms with van der Waals surface area (Å²) in [6.45, 7) is 8.06. The van der Waals surface area contributed by atoms with Crippen LogP contribution in [-0.2, 0) is 22.6 Å². The predicted octanol–water partition coefficient (Wildman–Crippen LogP) is 2.67. The zero-order valence-electron chi connectivity index (χ0n) is 17.4. The van der Waals surface area contributed by atoms with E-state index in [9.17, 15) is 4.79 Å². The SMILES string of the molecule is CCNC(=NCc1nccn1Cc1ccccc1)N1CCC(C(=O)OCC)CC1. The molecule has 0 bridgehead atoms. The first-order valence-corrected chi connectivity index (χ1v) is 10.4. The molecule has 0 aliphatic carbocycles. The van der Waals surface area contributed by atoms with Crippen LogP contribution in [0.2, 0.25) is 0 Å². The molecule has 0 radical (unpaired) electrons. The maximum Gasteiger partial charge on any atom is 0.309 e. The molecule has 0 unspecified atom stereocenters. The third kappa shape index (κ3) is 5.82. The van der Waals surface area contributed by atoms with E-state index in [2.05, 4.69) is 38.8 Å². The van der Waals surface area contributed by atoms with Gasteiger partial charge in [0.2, 0.25) is 0 Å². The van der Waals surface area contributed by atoms with Gasteiger partial charge in [0, 0.05) is 38.6 Å². The Morgan fingerprint density at radius 3 is 2.69 bits per heavy atom. The molecule has 29 heavy (non-hydrogen) atoms. The van der Waals surface area contributed by atoms with Crippen LogP contribution in [0.15, 0.2) is 47.7 Å². The van der Waals surface area contributed by atoms with Gasteiger partial charge < -0.3 is 19.5 Å². The summed E-state index contributed by atoms with van der Waals surface area (Å²) in [7, 11) is 0. The third-order valence-electron chi connectivity index (χ3n) is 5.12. The first-order valence-electron chi connectivity index (χ1n) is 10.4. The van der Waals surface area contributed by atoms with Crippen molar-refractivity contribution in [1.82, 2.24) is 19.8 Å². The van der Waals surface area contributed by atoms with Crippen molar-refractivity contribution >= 4 is 11.9 Å². The molecule has 2 heterocycles. The fourth-order valence-corrected chi connectivity index (χ4v) is 3.57. The van der Waals surface area contributed by atoms with Gasteiger partial charge in [0.15, 0.2) is 5.96 Å². The minimum absolute atomic E-state index is 0.00107. The second-order valence-electron chi connectivity index (χ2n) is 7.14. The van der Waals surface area contributed by atoms with Crippen molar-refractivity contribution in [3.63, 3.8) is 0 Å². The van der Waals surface area contributed by atoms with Crippen LogP contribution in [0, 0.1) is 5.92 Å². The lowest BCUT2D eigenvalue weighted by molar-refractivity contribution is -0.149. The summed E-state index contributed by atoms with van der Waals surface area (Å²) < 4.78 is 7.30. The highest BCUT2D eigenvalue weighted by Gasteiger charge is 2.27. The standard InChI is InChI=1S/C22H31N5O2/c1-3-23-22(26-13-10-19(11-14-26)21(28)29-4-2)25-16-20-24-12-15-27(20)17-18-8-6-5-7-9-18/h5-9,12,15,19H,3-4,10-11,13-14,16-17H2,1-2H3,(H,23,25). The van der Waals surface area contributed by atoms with Crippen molar-refractivity contribution in [1.29, 1.82) is 0 Å². The van der Waals surface area contributed by atoms with Gasteiger partial charge in [0.1, 0.15) is 12.4 Å². The maximum absolute atomic E-state index is 12.0. The Morgan fingerprint density at radius 1 is 1.24 bits per heavy atom. The first kappa shape index (κ1) is 20.9. The van der Waals surface area contributed by atoms with Crippen molar-refractivity contribution in [2.24, 2.45) is 10.9 Å². The molecule has 0 amide bonds. The monoisotopic (exact) mass is 397 g/mol. The number of esters is 1. The Balaban J connectivity index is 1.62. The van der Waals surface area contributed by atoms with E-state index in [1.165, 1.54) is 5.56 Å². The van der Waals surface area contributed by atoms with E-state index >= 15 is 0 Å². The van der Waals surface area contributed by atoms with E-state index in [0.29, 0.717) is 13.2 Å². The number of imidazole rings is 1. The Kier molecular flexibility index (Phi) is 7.67. The van der Waals surface area contributed by atoms with Gasteiger partial charge in [0.25, 0.3) is 0 Å². The average molecular weight is 398 g/mol. The van der Waals surface area contributed by atoms with Crippen LogP contribution in [0.5, 0.6) is 0 Å². The Labute approximate surface area is 172 Å². The summed E-state index contributed by atoms with van der Waals surface area (Å²) in [5.74, 6) is 1.74. The van der Waals surface area contributed by atoms with Gasteiger partial charge in [-0.3, -0.25) is 4.79 Å². The number of hydrogen-bond acceptors (Lipinski definition) is 4. The second-order valence-corrected chi connectivity index (χ2v) is 7.14. The lowest BCUT2D eigenvalue weighted by Gasteiger charge is -2.33. The fourth-order valence-electron chi connectivity index (χ4n) is 3.57. The van der Waals surface area contributed by atoms with Crippen molar-refractivity contribution in [2.75, 3.05) is 26.2 Å². The molecule has 1 saturated heterocycles. The molecule has 0 atom stereocenters. The zero-order valence-corrected chi connectivity index (χ0v) is 17.4. The molecule has 7 nitrogen and oxygen atoms in total. The molecule has 7 heteroatoms. The molecule has 1 N–H and O–H groups in total. The van der Waals surface area contributed by atoms with Crippen LogP contribution < -0.4 is 5.32 Å². The zero-order chi connectivity index (χ0) is 20.5. The van der Waals surface area contributed by atoms with E-state index in [1.54, 1.807) is 0 Å². The van der Waals surface area contributed by atoms with Crippen LogP contribution in [-0.4, -0.2) is 52.6 Å². The van der Waals surface area contributed by atoms with Crippen LogP contribution in [0.3, 0.4) is 0 Å². The second kappa shape index (κ2) is 10.6. The van der Waals surface area contributed by atoms with Crippen LogP contribution in [0.25, 0.3) is 0 Å². The topological polar surface area (TPSA) is 71.8 Å². The fraction of sp³-hybridized carbons (Fsp3) is 0.500. The number of carbonyl (C=O) groups excluding carboxylic acids is 1. The predicted molar refractivity (Wildman–Crippen MR) is 114 cm³/mol. The maximum atomic E-state index is 12.0.